The number of halogens is 3. The van der Waals surface area contributed by atoms with Crippen LogP contribution in [-0.4, -0.2) is 11.9 Å². The second-order valence-electron chi connectivity index (χ2n) is 4.28. The van der Waals surface area contributed by atoms with Gasteiger partial charge in [0.05, 0.1) is 11.1 Å². The van der Waals surface area contributed by atoms with Crippen LogP contribution in [0.15, 0.2) is 30.3 Å². The number of hydrogen-bond acceptors (Lipinski definition) is 3. The molecule has 1 aromatic carbocycles. The largest absolute Gasteiger partial charge is 0.416 e. The minimum atomic E-state index is -4.43. The molecular weight excluding hydrogens is 319 g/mol. The Bertz CT molecular complexity index is 723. The van der Waals surface area contributed by atoms with Gasteiger partial charge in [-0.2, -0.15) is 13.2 Å². The first kappa shape index (κ1) is 15.8. The van der Waals surface area contributed by atoms with Crippen LogP contribution in [0.2, 0.25) is 0 Å². The normalized spacial score (nSPS) is 11.2. The molecule has 5 nitrogen and oxygen atoms in total. The summed E-state index contributed by atoms with van der Waals surface area (Å²) in [6.45, 7) is 0. The first-order valence-corrected chi connectivity index (χ1v) is 6.68. The van der Waals surface area contributed by atoms with E-state index in [1.165, 1.54) is 18.2 Å². The van der Waals surface area contributed by atoms with E-state index in [2.05, 4.69) is 5.32 Å². The standard InChI is InChI=1S/C13H10F3N3O2S/c14-13(15,16)7-3-1-6(2-4-7)9-5-8(10(17)20)11(22-9)19-12(18)21/h1-5H,(H2,17,20)(H3,18,19,21). The van der Waals surface area contributed by atoms with Crippen molar-refractivity contribution in [3.63, 3.8) is 0 Å². The number of amides is 3. The smallest absolute Gasteiger partial charge is 0.366 e. The lowest BCUT2D eigenvalue weighted by Crippen LogP contribution is -2.21. The fourth-order valence-electron chi connectivity index (χ4n) is 1.74. The van der Waals surface area contributed by atoms with Gasteiger partial charge >= 0.3 is 12.2 Å². The number of anilines is 1. The Morgan fingerprint density at radius 3 is 2.14 bits per heavy atom. The summed E-state index contributed by atoms with van der Waals surface area (Å²) in [4.78, 5) is 22.7. The Labute approximate surface area is 126 Å². The van der Waals surface area contributed by atoms with Gasteiger partial charge in [-0.05, 0) is 23.8 Å². The Morgan fingerprint density at radius 2 is 1.68 bits per heavy atom. The molecule has 0 aliphatic carbocycles. The highest BCUT2D eigenvalue weighted by Crippen LogP contribution is 2.37. The molecule has 22 heavy (non-hydrogen) atoms. The predicted molar refractivity (Wildman–Crippen MR) is 76.5 cm³/mol. The molecule has 0 spiro atoms. The zero-order chi connectivity index (χ0) is 16.5. The number of hydrogen-bond donors (Lipinski definition) is 3. The number of nitrogens with two attached hydrogens (primary N) is 2. The van der Waals surface area contributed by atoms with E-state index >= 15 is 0 Å². The number of primary amides is 2. The maximum Gasteiger partial charge on any atom is 0.416 e. The molecule has 0 fully saturated rings. The van der Waals surface area contributed by atoms with Crippen LogP contribution in [-0.2, 0) is 6.18 Å². The molecule has 0 unspecified atom stereocenters. The summed E-state index contributed by atoms with van der Waals surface area (Å²) in [6.07, 6.45) is -4.43. The van der Waals surface area contributed by atoms with Crippen molar-refractivity contribution in [3.8, 4) is 10.4 Å². The lowest BCUT2D eigenvalue weighted by atomic mass is 10.1. The van der Waals surface area contributed by atoms with Crippen LogP contribution in [0.1, 0.15) is 15.9 Å². The third kappa shape index (κ3) is 3.37. The van der Waals surface area contributed by atoms with Crippen LogP contribution in [0.3, 0.4) is 0 Å². The summed E-state index contributed by atoms with van der Waals surface area (Å²) in [5.74, 6) is -0.779. The van der Waals surface area contributed by atoms with E-state index in [4.69, 9.17) is 11.5 Å². The highest BCUT2D eigenvalue weighted by molar-refractivity contribution is 7.20. The third-order valence-corrected chi connectivity index (χ3v) is 3.83. The van der Waals surface area contributed by atoms with Crippen molar-refractivity contribution >= 4 is 28.3 Å². The van der Waals surface area contributed by atoms with Gasteiger partial charge in [-0.15, -0.1) is 11.3 Å². The number of thiophene rings is 1. The quantitative estimate of drug-likeness (QED) is 0.806. The van der Waals surface area contributed by atoms with Crippen LogP contribution in [0.25, 0.3) is 10.4 Å². The summed E-state index contributed by atoms with van der Waals surface area (Å²) in [7, 11) is 0. The van der Waals surface area contributed by atoms with E-state index in [0.717, 1.165) is 23.5 Å². The number of alkyl halides is 3. The number of urea groups is 1. The van der Waals surface area contributed by atoms with Crippen molar-refractivity contribution in [2.24, 2.45) is 11.5 Å². The van der Waals surface area contributed by atoms with Gasteiger partial charge in [0.2, 0.25) is 0 Å². The van der Waals surface area contributed by atoms with Gasteiger partial charge in [0, 0.05) is 4.88 Å². The number of carbonyl (C=O) groups is 2. The maximum absolute atomic E-state index is 12.5. The Kier molecular flexibility index (Phi) is 4.09. The zero-order valence-corrected chi connectivity index (χ0v) is 11.7. The van der Waals surface area contributed by atoms with Gasteiger partial charge < -0.3 is 11.5 Å². The minimum Gasteiger partial charge on any atom is -0.366 e. The van der Waals surface area contributed by atoms with Crippen LogP contribution in [0, 0.1) is 0 Å². The SMILES string of the molecule is NC(=O)Nc1sc(-c2ccc(C(F)(F)F)cc2)cc1C(N)=O. The van der Waals surface area contributed by atoms with E-state index in [1.807, 2.05) is 0 Å². The van der Waals surface area contributed by atoms with Crippen molar-refractivity contribution in [2.75, 3.05) is 5.32 Å². The van der Waals surface area contributed by atoms with Crippen LogP contribution in [0.4, 0.5) is 23.0 Å². The van der Waals surface area contributed by atoms with Crippen LogP contribution < -0.4 is 16.8 Å². The first-order valence-electron chi connectivity index (χ1n) is 5.86. The van der Waals surface area contributed by atoms with Gasteiger partial charge in [0.1, 0.15) is 5.00 Å². The molecule has 1 heterocycles. The summed E-state index contributed by atoms with van der Waals surface area (Å²) in [6, 6.07) is 4.92. The van der Waals surface area contributed by atoms with Crippen molar-refractivity contribution in [2.45, 2.75) is 6.18 Å². The third-order valence-electron chi connectivity index (χ3n) is 2.73. The van der Waals surface area contributed by atoms with Gasteiger partial charge in [-0.3, -0.25) is 10.1 Å². The molecule has 0 aliphatic rings. The monoisotopic (exact) mass is 329 g/mol. The fourth-order valence-corrected chi connectivity index (χ4v) is 2.82. The summed E-state index contributed by atoms with van der Waals surface area (Å²) in [5.41, 5.74) is 9.90. The number of nitrogens with one attached hydrogen (secondary N) is 1. The average Bonchev–Trinajstić information content (AvgIpc) is 2.81. The molecular formula is C13H10F3N3O2S. The summed E-state index contributed by atoms with van der Waals surface area (Å²) in [5, 5.41) is 2.41. The van der Waals surface area contributed by atoms with Crippen LogP contribution in [0.5, 0.6) is 0 Å². The van der Waals surface area contributed by atoms with Crippen molar-refractivity contribution in [1.29, 1.82) is 0 Å². The molecule has 2 aromatic rings. The van der Waals surface area contributed by atoms with Gasteiger partial charge in [-0.1, -0.05) is 12.1 Å². The van der Waals surface area contributed by atoms with E-state index in [1.54, 1.807) is 0 Å². The topological polar surface area (TPSA) is 98.2 Å². The number of carbonyl (C=O) groups excluding carboxylic acids is 2. The molecule has 116 valence electrons. The van der Waals surface area contributed by atoms with E-state index in [0.29, 0.717) is 10.4 Å². The van der Waals surface area contributed by atoms with Crippen molar-refractivity contribution < 1.29 is 22.8 Å². The van der Waals surface area contributed by atoms with Crippen molar-refractivity contribution in [3.05, 3.63) is 41.5 Å². The van der Waals surface area contributed by atoms with E-state index in [9.17, 15) is 22.8 Å². The lowest BCUT2D eigenvalue weighted by molar-refractivity contribution is -0.137. The highest BCUT2D eigenvalue weighted by atomic mass is 32.1. The second-order valence-corrected chi connectivity index (χ2v) is 5.33. The fraction of sp³-hybridized carbons (Fsp3) is 0.0769. The van der Waals surface area contributed by atoms with E-state index in [-0.39, 0.29) is 10.6 Å². The number of rotatable bonds is 3. The molecule has 2 rings (SSSR count). The Morgan fingerprint density at radius 1 is 1.09 bits per heavy atom. The minimum absolute atomic E-state index is 0.0405. The van der Waals surface area contributed by atoms with Gasteiger partial charge in [0.15, 0.2) is 0 Å². The summed E-state index contributed by atoms with van der Waals surface area (Å²) >= 11 is 0.989. The summed E-state index contributed by atoms with van der Waals surface area (Å²) < 4.78 is 37.6. The van der Waals surface area contributed by atoms with Crippen molar-refractivity contribution in [1.82, 2.24) is 0 Å². The molecule has 0 saturated heterocycles. The molecule has 1 aromatic heterocycles. The molecule has 0 atom stereocenters. The zero-order valence-electron chi connectivity index (χ0n) is 10.9. The molecule has 9 heteroatoms. The Hall–Kier alpha value is -2.55. The second kappa shape index (κ2) is 5.68. The molecule has 5 N–H and O–H groups in total. The van der Waals surface area contributed by atoms with Gasteiger partial charge in [-0.25, -0.2) is 4.79 Å². The Balaban J connectivity index is 2.40. The van der Waals surface area contributed by atoms with E-state index < -0.39 is 23.7 Å². The number of benzene rings is 1. The molecule has 0 bridgehead atoms. The maximum atomic E-state index is 12.5. The molecule has 0 saturated carbocycles. The first-order chi connectivity index (χ1) is 10.2. The lowest BCUT2D eigenvalue weighted by Gasteiger charge is -2.06. The molecule has 0 aliphatic heterocycles. The van der Waals surface area contributed by atoms with Gasteiger partial charge in [0.25, 0.3) is 5.91 Å². The highest BCUT2D eigenvalue weighted by Gasteiger charge is 2.30. The molecule has 0 radical (unpaired) electrons. The molecule has 3 amide bonds. The average molecular weight is 329 g/mol. The van der Waals surface area contributed by atoms with Crippen LogP contribution >= 0.6 is 11.3 Å². The predicted octanol–water partition coefficient (Wildman–Crippen LogP) is 3.02.